The summed E-state index contributed by atoms with van der Waals surface area (Å²) in [6.07, 6.45) is -0.459. The van der Waals surface area contributed by atoms with Crippen LogP contribution in [0.3, 0.4) is 0 Å². The fourth-order valence-corrected chi connectivity index (χ4v) is 5.68. The maximum absolute atomic E-state index is 13.4. The Morgan fingerprint density at radius 2 is 1.70 bits per heavy atom. The molecular formula is C22H27NO6S. The SMILES string of the molecule is CC1OC(C)(C)C(C(=O)O)N(S(=O)(=O)c2ccc(OCc3ccccc3)cc2)C1C. The van der Waals surface area contributed by atoms with E-state index in [2.05, 4.69) is 0 Å². The molecule has 1 heterocycles. The monoisotopic (exact) mass is 433 g/mol. The Balaban J connectivity index is 1.86. The van der Waals surface area contributed by atoms with Crippen LogP contribution in [0.4, 0.5) is 0 Å². The molecule has 1 fully saturated rings. The summed E-state index contributed by atoms with van der Waals surface area (Å²) in [5.74, 6) is -0.721. The molecule has 3 rings (SSSR count). The molecule has 0 aromatic heterocycles. The summed E-state index contributed by atoms with van der Waals surface area (Å²) in [5.41, 5.74) is -0.180. The summed E-state index contributed by atoms with van der Waals surface area (Å²) < 4.78 is 39.4. The first-order chi connectivity index (χ1) is 14.0. The van der Waals surface area contributed by atoms with Gasteiger partial charge in [-0.05, 0) is 57.5 Å². The van der Waals surface area contributed by atoms with E-state index in [1.807, 2.05) is 30.3 Å². The van der Waals surface area contributed by atoms with E-state index in [0.29, 0.717) is 12.4 Å². The Kier molecular flexibility index (Phi) is 6.21. The number of carbonyl (C=O) groups is 1. The number of rotatable bonds is 6. The molecule has 1 aliphatic heterocycles. The molecule has 2 aromatic carbocycles. The largest absolute Gasteiger partial charge is 0.489 e. The van der Waals surface area contributed by atoms with Crippen molar-refractivity contribution in [2.24, 2.45) is 0 Å². The second-order valence-electron chi connectivity index (χ2n) is 7.99. The molecular weight excluding hydrogens is 406 g/mol. The maximum atomic E-state index is 13.4. The predicted molar refractivity (Wildman–Crippen MR) is 112 cm³/mol. The normalized spacial score (nSPS) is 24.3. The van der Waals surface area contributed by atoms with Crippen LogP contribution in [0.15, 0.2) is 59.5 Å². The third-order valence-electron chi connectivity index (χ3n) is 5.36. The van der Waals surface area contributed by atoms with Crippen LogP contribution in [0, 0.1) is 0 Å². The summed E-state index contributed by atoms with van der Waals surface area (Å²) in [4.78, 5) is 12.0. The zero-order valence-electron chi connectivity index (χ0n) is 17.5. The van der Waals surface area contributed by atoms with Crippen molar-refractivity contribution in [1.29, 1.82) is 0 Å². The van der Waals surface area contributed by atoms with E-state index in [0.717, 1.165) is 9.87 Å². The average molecular weight is 434 g/mol. The average Bonchev–Trinajstić information content (AvgIpc) is 2.69. The van der Waals surface area contributed by atoms with Crippen molar-refractivity contribution in [3.8, 4) is 5.75 Å². The highest BCUT2D eigenvalue weighted by Crippen LogP contribution is 2.36. The molecule has 1 saturated heterocycles. The van der Waals surface area contributed by atoms with Gasteiger partial charge in [0.15, 0.2) is 6.04 Å². The minimum Gasteiger partial charge on any atom is -0.489 e. The van der Waals surface area contributed by atoms with E-state index in [1.165, 1.54) is 12.1 Å². The first-order valence-corrected chi connectivity index (χ1v) is 11.2. The zero-order chi connectivity index (χ0) is 22.1. The summed E-state index contributed by atoms with van der Waals surface area (Å²) in [5, 5.41) is 9.77. The van der Waals surface area contributed by atoms with Gasteiger partial charge >= 0.3 is 5.97 Å². The molecule has 0 spiro atoms. The van der Waals surface area contributed by atoms with E-state index < -0.39 is 39.8 Å². The van der Waals surface area contributed by atoms with Crippen molar-refractivity contribution in [2.45, 2.75) is 63.0 Å². The van der Waals surface area contributed by atoms with Crippen LogP contribution in [-0.4, -0.2) is 47.6 Å². The lowest BCUT2D eigenvalue weighted by atomic mass is 9.93. The minimum atomic E-state index is -4.08. The molecule has 0 saturated carbocycles. The first kappa shape index (κ1) is 22.3. The van der Waals surface area contributed by atoms with Crippen LogP contribution < -0.4 is 4.74 Å². The molecule has 3 atom stereocenters. The molecule has 1 aliphatic rings. The number of benzene rings is 2. The highest BCUT2D eigenvalue weighted by Gasteiger charge is 2.54. The number of carboxylic acids is 1. The van der Waals surface area contributed by atoms with Crippen molar-refractivity contribution in [1.82, 2.24) is 4.31 Å². The molecule has 0 amide bonds. The van der Waals surface area contributed by atoms with Crippen LogP contribution in [0.2, 0.25) is 0 Å². The van der Waals surface area contributed by atoms with Gasteiger partial charge in [0.25, 0.3) is 0 Å². The number of hydrogen-bond donors (Lipinski definition) is 1. The number of carboxylic acid groups (broad SMARTS) is 1. The Morgan fingerprint density at radius 1 is 1.10 bits per heavy atom. The minimum absolute atomic E-state index is 0.0116. The number of aliphatic carboxylic acids is 1. The standard InChI is InChI=1S/C22H27NO6S/c1-15-16(2)29-22(3,4)20(21(24)25)23(15)30(26,27)19-12-10-18(11-13-19)28-14-17-8-6-5-7-9-17/h5-13,15-16,20H,14H2,1-4H3,(H,24,25). The van der Waals surface area contributed by atoms with E-state index in [4.69, 9.17) is 9.47 Å². The molecule has 0 aliphatic carbocycles. The fraction of sp³-hybridized carbons (Fsp3) is 0.409. The summed E-state index contributed by atoms with van der Waals surface area (Å²) in [6.45, 7) is 6.95. The quantitative estimate of drug-likeness (QED) is 0.751. The lowest BCUT2D eigenvalue weighted by molar-refractivity contribution is -0.185. The van der Waals surface area contributed by atoms with Crippen molar-refractivity contribution >= 4 is 16.0 Å². The van der Waals surface area contributed by atoms with E-state index >= 15 is 0 Å². The molecule has 1 N–H and O–H groups in total. The van der Waals surface area contributed by atoms with E-state index in [-0.39, 0.29) is 4.90 Å². The first-order valence-electron chi connectivity index (χ1n) is 9.75. The second-order valence-corrected chi connectivity index (χ2v) is 9.83. The summed E-state index contributed by atoms with van der Waals surface area (Å²) >= 11 is 0. The van der Waals surface area contributed by atoms with Gasteiger partial charge in [-0.3, -0.25) is 4.79 Å². The van der Waals surface area contributed by atoms with Crippen LogP contribution in [-0.2, 0) is 26.2 Å². The molecule has 162 valence electrons. The van der Waals surface area contributed by atoms with Gasteiger partial charge < -0.3 is 14.6 Å². The lowest BCUT2D eigenvalue weighted by Gasteiger charge is -2.49. The third kappa shape index (κ3) is 4.35. The number of morpholine rings is 1. The van der Waals surface area contributed by atoms with Gasteiger partial charge in [-0.25, -0.2) is 8.42 Å². The molecule has 30 heavy (non-hydrogen) atoms. The van der Waals surface area contributed by atoms with Gasteiger partial charge in [-0.1, -0.05) is 30.3 Å². The lowest BCUT2D eigenvalue weighted by Crippen LogP contribution is -2.67. The fourth-order valence-electron chi connectivity index (χ4n) is 3.72. The van der Waals surface area contributed by atoms with Gasteiger partial charge in [-0.2, -0.15) is 4.31 Å². The van der Waals surface area contributed by atoms with Gasteiger partial charge in [-0.15, -0.1) is 0 Å². The number of ether oxygens (including phenoxy) is 2. The van der Waals surface area contributed by atoms with Crippen LogP contribution in [0.1, 0.15) is 33.3 Å². The Hall–Kier alpha value is -2.42. The van der Waals surface area contributed by atoms with Crippen molar-refractivity contribution in [3.63, 3.8) is 0 Å². The third-order valence-corrected chi connectivity index (χ3v) is 7.33. The number of sulfonamides is 1. The molecule has 8 heteroatoms. The van der Waals surface area contributed by atoms with Crippen molar-refractivity contribution in [3.05, 3.63) is 60.2 Å². The Labute approximate surface area is 177 Å². The molecule has 7 nitrogen and oxygen atoms in total. The number of nitrogens with zero attached hydrogens (tertiary/aromatic N) is 1. The summed E-state index contributed by atoms with van der Waals surface area (Å²) in [7, 11) is -4.08. The van der Waals surface area contributed by atoms with Gasteiger partial charge in [0, 0.05) is 6.04 Å². The van der Waals surface area contributed by atoms with E-state index in [9.17, 15) is 18.3 Å². The van der Waals surface area contributed by atoms with Crippen LogP contribution >= 0.6 is 0 Å². The molecule has 2 aromatic rings. The topological polar surface area (TPSA) is 93.1 Å². The Bertz CT molecular complexity index is 988. The van der Waals surface area contributed by atoms with Crippen LogP contribution in [0.5, 0.6) is 5.75 Å². The highest BCUT2D eigenvalue weighted by atomic mass is 32.2. The maximum Gasteiger partial charge on any atom is 0.325 e. The van der Waals surface area contributed by atoms with Crippen molar-refractivity contribution < 1.29 is 27.8 Å². The zero-order valence-corrected chi connectivity index (χ0v) is 18.3. The van der Waals surface area contributed by atoms with Crippen molar-refractivity contribution in [2.75, 3.05) is 0 Å². The predicted octanol–water partition coefficient (Wildman–Crippen LogP) is 3.30. The molecule has 0 bridgehead atoms. The number of hydrogen-bond acceptors (Lipinski definition) is 5. The summed E-state index contributed by atoms with van der Waals surface area (Å²) in [6, 6.07) is 13.7. The van der Waals surface area contributed by atoms with Gasteiger partial charge in [0.05, 0.1) is 16.6 Å². The smallest absolute Gasteiger partial charge is 0.325 e. The highest BCUT2D eigenvalue weighted by molar-refractivity contribution is 7.89. The van der Waals surface area contributed by atoms with Gasteiger partial charge in [0.1, 0.15) is 12.4 Å². The second kappa shape index (κ2) is 8.37. The Morgan fingerprint density at radius 3 is 2.27 bits per heavy atom. The molecule has 3 unspecified atom stereocenters. The van der Waals surface area contributed by atoms with Gasteiger partial charge in [0.2, 0.25) is 10.0 Å². The molecule has 0 radical (unpaired) electrons. The van der Waals surface area contributed by atoms with E-state index in [1.54, 1.807) is 39.8 Å². The van der Waals surface area contributed by atoms with Crippen LogP contribution in [0.25, 0.3) is 0 Å².